The van der Waals surface area contributed by atoms with Gasteiger partial charge in [-0.2, -0.15) is 0 Å². The van der Waals surface area contributed by atoms with Gasteiger partial charge in [0.1, 0.15) is 0 Å². The van der Waals surface area contributed by atoms with Gasteiger partial charge < -0.3 is 4.57 Å². The van der Waals surface area contributed by atoms with Gasteiger partial charge in [0.25, 0.3) is 0 Å². The van der Waals surface area contributed by atoms with Crippen molar-refractivity contribution >= 4 is 10.9 Å². The van der Waals surface area contributed by atoms with Gasteiger partial charge in [0.15, 0.2) is 0 Å². The number of hydrogen-bond donors (Lipinski definition) is 0. The van der Waals surface area contributed by atoms with Crippen LogP contribution < -0.4 is 0 Å². The monoisotopic (exact) mass is 367 g/mol. The third-order valence-electron chi connectivity index (χ3n) is 5.57. The minimum absolute atomic E-state index is 0.122. The standard InChI is InChI=1S/C27H29N/c1-20-15-16-25-23(17-20)24(19-28(25)18-21-11-7-5-8-12-21)26(27(2,3)4)22-13-9-6-10-14-22/h5-17,19,26H,18H2,1-4H3. The Morgan fingerprint density at radius 1 is 0.821 bits per heavy atom. The lowest BCUT2D eigenvalue weighted by Crippen LogP contribution is -2.19. The van der Waals surface area contributed by atoms with Crippen molar-refractivity contribution in [2.24, 2.45) is 5.41 Å². The Morgan fingerprint density at radius 2 is 1.46 bits per heavy atom. The molecule has 28 heavy (non-hydrogen) atoms. The highest BCUT2D eigenvalue weighted by molar-refractivity contribution is 5.86. The molecule has 1 unspecified atom stereocenters. The minimum atomic E-state index is 0.122. The van der Waals surface area contributed by atoms with Gasteiger partial charge in [0, 0.05) is 29.6 Å². The van der Waals surface area contributed by atoms with Crippen molar-refractivity contribution in [3.8, 4) is 0 Å². The molecule has 142 valence electrons. The first kappa shape index (κ1) is 18.6. The van der Waals surface area contributed by atoms with E-state index in [0.717, 1.165) is 6.54 Å². The summed E-state index contributed by atoms with van der Waals surface area (Å²) in [6.07, 6.45) is 2.39. The largest absolute Gasteiger partial charge is 0.343 e. The first-order valence-corrected chi connectivity index (χ1v) is 10.1. The Kier molecular flexibility index (Phi) is 4.85. The minimum Gasteiger partial charge on any atom is -0.343 e. The summed E-state index contributed by atoms with van der Waals surface area (Å²) in [6, 6.07) is 28.5. The van der Waals surface area contributed by atoms with Crippen LogP contribution in [0.3, 0.4) is 0 Å². The third-order valence-corrected chi connectivity index (χ3v) is 5.57. The SMILES string of the molecule is Cc1ccc2c(c1)c(C(c1ccccc1)C(C)(C)C)cn2Cc1ccccc1. The summed E-state index contributed by atoms with van der Waals surface area (Å²) in [5.74, 6) is 0.343. The molecule has 0 aliphatic heterocycles. The number of aryl methyl sites for hydroxylation is 1. The summed E-state index contributed by atoms with van der Waals surface area (Å²) < 4.78 is 2.42. The molecular weight excluding hydrogens is 338 g/mol. The van der Waals surface area contributed by atoms with Crippen LogP contribution in [-0.2, 0) is 6.54 Å². The topological polar surface area (TPSA) is 4.93 Å². The van der Waals surface area contributed by atoms with Crippen LogP contribution in [0.4, 0.5) is 0 Å². The molecule has 4 rings (SSSR count). The van der Waals surface area contributed by atoms with Gasteiger partial charge in [-0.15, -0.1) is 0 Å². The molecule has 1 heterocycles. The summed E-state index contributed by atoms with van der Waals surface area (Å²) in [5, 5.41) is 1.37. The maximum absolute atomic E-state index is 2.42. The van der Waals surface area contributed by atoms with Crippen LogP contribution in [-0.4, -0.2) is 4.57 Å². The van der Waals surface area contributed by atoms with Crippen LogP contribution in [0.15, 0.2) is 85.1 Å². The zero-order valence-electron chi connectivity index (χ0n) is 17.3. The first-order chi connectivity index (χ1) is 13.4. The Hall–Kier alpha value is -2.80. The van der Waals surface area contributed by atoms with E-state index in [-0.39, 0.29) is 5.41 Å². The van der Waals surface area contributed by atoms with E-state index in [9.17, 15) is 0 Å². The molecule has 0 radical (unpaired) electrons. The molecule has 1 heteroatoms. The quantitative estimate of drug-likeness (QED) is 0.360. The molecule has 0 aliphatic carbocycles. The maximum atomic E-state index is 2.42. The van der Waals surface area contributed by atoms with E-state index >= 15 is 0 Å². The van der Waals surface area contributed by atoms with Crippen LogP contribution in [0.5, 0.6) is 0 Å². The van der Waals surface area contributed by atoms with Crippen LogP contribution >= 0.6 is 0 Å². The molecule has 0 saturated carbocycles. The average Bonchev–Trinajstić information content (AvgIpc) is 2.99. The Balaban J connectivity index is 1.91. The van der Waals surface area contributed by atoms with Crippen molar-refractivity contribution in [1.82, 2.24) is 4.57 Å². The van der Waals surface area contributed by atoms with Crippen LogP contribution in [0.2, 0.25) is 0 Å². The van der Waals surface area contributed by atoms with Gasteiger partial charge in [0.2, 0.25) is 0 Å². The number of hydrogen-bond acceptors (Lipinski definition) is 0. The molecule has 1 nitrogen and oxygen atoms in total. The number of benzene rings is 3. The molecule has 0 saturated heterocycles. The lowest BCUT2D eigenvalue weighted by atomic mass is 9.72. The number of aromatic nitrogens is 1. The second-order valence-corrected chi connectivity index (χ2v) is 8.93. The smallest absolute Gasteiger partial charge is 0.0486 e. The van der Waals surface area contributed by atoms with Crippen LogP contribution in [0.1, 0.15) is 48.9 Å². The van der Waals surface area contributed by atoms with E-state index in [1.165, 1.54) is 33.2 Å². The van der Waals surface area contributed by atoms with Crippen molar-refractivity contribution in [3.05, 3.63) is 107 Å². The van der Waals surface area contributed by atoms with Crippen molar-refractivity contribution in [2.75, 3.05) is 0 Å². The summed E-state index contributed by atoms with van der Waals surface area (Å²) >= 11 is 0. The van der Waals surface area contributed by atoms with Gasteiger partial charge in [-0.3, -0.25) is 0 Å². The summed E-state index contributed by atoms with van der Waals surface area (Å²) in [6.45, 7) is 10.1. The third kappa shape index (κ3) is 3.62. The highest BCUT2D eigenvalue weighted by Gasteiger charge is 2.30. The average molecular weight is 368 g/mol. The zero-order valence-corrected chi connectivity index (χ0v) is 17.3. The predicted octanol–water partition coefficient (Wildman–Crippen LogP) is 7.18. The van der Waals surface area contributed by atoms with Crippen LogP contribution in [0, 0.1) is 12.3 Å². The molecule has 0 amide bonds. The molecule has 4 aromatic rings. The second-order valence-electron chi connectivity index (χ2n) is 8.93. The second kappa shape index (κ2) is 7.31. The molecule has 0 N–H and O–H groups in total. The lowest BCUT2D eigenvalue weighted by molar-refractivity contribution is 0.359. The van der Waals surface area contributed by atoms with Crippen molar-refractivity contribution in [3.63, 3.8) is 0 Å². The molecule has 1 aromatic heterocycles. The normalized spacial score (nSPS) is 13.0. The predicted molar refractivity (Wildman–Crippen MR) is 120 cm³/mol. The van der Waals surface area contributed by atoms with E-state index in [4.69, 9.17) is 0 Å². The van der Waals surface area contributed by atoms with Crippen molar-refractivity contribution in [2.45, 2.75) is 40.2 Å². The van der Waals surface area contributed by atoms with E-state index < -0.39 is 0 Å². The highest BCUT2D eigenvalue weighted by atomic mass is 15.0. The maximum Gasteiger partial charge on any atom is 0.0486 e. The van der Waals surface area contributed by atoms with Gasteiger partial charge in [-0.05, 0) is 41.2 Å². The van der Waals surface area contributed by atoms with Crippen molar-refractivity contribution in [1.29, 1.82) is 0 Å². The van der Waals surface area contributed by atoms with E-state index in [1.807, 2.05) is 0 Å². The molecule has 0 bridgehead atoms. The van der Waals surface area contributed by atoms with E-state index in [0.29, 0.717) is 5.92 Å². The fourth-order valence-electron chi connectivity index (χ4n) is 4.37. The zero-order chi connectivity index (χ0) is 19.7. The Bertz CT molecular complexity index is 1070. The number of fused-ring (bicyclic) bond motifs is 1. The summed E-state index contributed by atoms with van der Waals surface area (Å²) in [7, 11) is 0. The van der Waals surface area contributed by atoms with E-state index in [1.54, 1.807) is 0 Å². The molecule has 0 aliphatic rings. The molecular formula is C27H29N. The number of nitrogens with zero attached hydrogens (tertiary/aromatic N) is 1. The highest BCUT2D eigenvalue weighted by Crippen LogP contribution is 2.44. The first-order valence-electron chi connectivity index (χ1n) is 10.1. The Labute approximate surface area is 168 Å². The molecule has 0 fully saturated rings. The fourth-order valence-corrected chi connectivity index (χ4v) is 4.37. The Morgan fingerprint density at radius 3 is 2.11 bits per heavy atom. The fraction of sp³-hybridized carbons (Fsp3) is 0.259. The number of rotatable bonds is 4. The molecule has 3 aromatic carbocycles. The molecule has 1 atom stereocenters. The molecule has 0 spiro atoms. The van der Waals surface area contributed by atoms with Gasteiger partial charge in [-0.1, -0.05) is 93.1 Å². The summed E-state index contributed by atoms with van der Waals surface area (Å²) in [4.78, 5) is 0. The van der Waals surface area contributed by atoms with Gasteiger partial charge in [0.05, 0.1) is 0 Å². The van der Waals surface area contributed by atoms with Crippen LogP contribution in [0.25, 0.3) is 10.9 Å². The van der Waals surface area contributed by atoms with E-state index in [2.05, 4.69) is 117 Å². The van der Waals surface area contributed by atoms with Gasteiger partial charge in [-0.25, -0.2) is 0 Å². The van der Waals surface area contributed by atoms with Crippen molar-refractivity contribution < 1.29 is 0 Å². The summed E-state index contributed by atoms with van der Waals surface area (Å²) in [5.41, 5.74) is 6.89. The lowest BCUT2D eigenvalue weighted by Gasteiger charge is -2.31. The van der Waals surface area contributed by atoms with Gasteiger partial charge >= 0.3 is 0 Å².